The summed E-state index contributed by atoms with van der Waals surface area (Å²) in [5.41, 5.74) is 0.686. The van der Waals surface area contributed by atoms with Gasteiger partial charge in [-0.2, -0.15) is 0 Å². The molecule has 0 bridgehead atoms. The van der Waals surface area contributed by atoms with E-state index in [1.165, 1.54) is 0 Å². The van der Waals surface area contributed by atoms with Crippen LogP contribution in [-0.4, -0.2) is 28.9 Å². The highest BCUT2D eigenvalue weighted by Crippen LogP contribution is 2.36. The van der Waals surface area contributed by atoms with Gasteiger partial charge in [0.05, 0.1) is 6.61 Å². The van der Waals surface area contributed by atoms with E-state index in [-0.39, 0.29) is 18.7 Å². The number of rotatable bonds is 4. The average Bonchev–Trinajstić information content (AvgIpc) is 2.62. The third kappa shape index (κ3) is 2.80. The monoisotopic (exact) mass is 297 g/mol. The summed E-state index contributed by atoms with van der Waals surface area (Å²) in [6.45, 7) is 0.107. The highest BCUT2D eigenvalue weighted by molar-refractivity contribution is 5.38. The van der Waals surface area contributed by atoms with Crippen LogP contribution in [0.1, 0.15) is 30.4 Å². The Hall–Kier alpha value is -1.68. The SMILES string of the molecule is OC[C@H]1CCC[C@@H](C(O)(c2ccccc2)c2ccccc2)N1. The molecule has 1 aliphatic rings. The highest BCUT2D eigenvalue weighted by Gasteiger charge is 2.42. The third-order valence-electron chi connectivity index (χ3n) is 4.63. The van der Waals surface area contributed by atoms with Gasteiger partial charge in [0.2, 0.25) is 0 Å². The summed E-state index contributed by atoms with van der Waals surface area (Å²) in [5, 5.41) is 24.6. The molecule has 1 heterocycles. The summed E-state index contributed by atoms with van der Waals surface area (Å²) in [6.07, 6.45) is 2.84. The van der Waals surface area contributed by atoms with E-state index < -0.39 is 5.60 Å². The summed E-state index contributed by atoms with van der Waals surface area (Å²) >= 11 is 0. The Bertz CT molecular complexity index is 545. The van der Waals surface area contributed by atoms with Crippen molar-refractivity contribution in [3.05, 3.63) is 71.8 Å². The van der Waals surface area contributed by atoms with Crippen molar-refractivity contribution >= 4 is 0 Å². The summed E-state index contributed by atoms with van der Waals surface area (Å²) in [5.74, 6) is 0. The molecular formula is C19H23NO2. The summed E-state index contributed by atoms with van der Waals surface area (Å²) < 4.78 is 0. The van der Waals surface area contributed by atoms with Gasteiger partial charge in [-0.15, -0.1) is 0 Å². The average molecular weight is 297 g/mol. The van der Waals surface area contributed by atoms with Gasteiger partial charge in [0, 0.05) is 12.1 Å². The lowest BCUT2D eigenvalue weighted by Crippen LogP contribution is -2.55. The molecule has 1 fully saturated rings. The van der Waals surface area contributed by atoms with Crippen LogP contribution in [0, 0.1) is 0 Å². The Balaban J connectivity index is 2.03. The summed E-state index contributed by atoms with van der Waals surface area (Å²) in [6, 6.07) is 19.6. The zero-order valence-corrected chi connectivity index (χ0v) is 12.7. The lowest BCUT2D eigenvalue weighted by Gasteiger charge is -2.42. The molecule has 1 aliphatic heterocycles. The minimum absolute atomic E-state index is 0.0534. The largest absolute Gasteiger partial charge is 0.395 e. The van der Waals surface area contributed by atoms with Crippen molar-refractivity contribution in [2.75, 3.05) is 6.61 Å². The molecule has 2 aromatic carbocycles. The van der Waals surface area contributed by atoms with Gasteiger partial charge < -0.3 is 15.5 Å². The normalized spacial score (nSPS) is 22.5. The van der Waals surface area contributed by atoms with E-state index in [0.29, 0.717) is 0 Å². The van der Waals surface area contributed by atoms with Crippen LogP contribution in [0.15, 0.2) is 60.7 Å². The molecular weight excluding hydrogens is 274 g/mol. The predicted molar refractivity (Wildman–Crippen MR) is 87.5 cm³/mol. The van der Waals surface area contributed by atoms with E-state index in [2.05, 4.69) is 5.32 Å². The van der Waals surface area contributed by atoms with Crippen LogP contribution < -0.4 is 5.32 Å². The molecule has 3 N–H and O–H groups in total. The number of hydrogen-bond acceptors (Lipinski definition) is 3. The lowest BCUT2D eigenvalue weighted by atomic mass is 9.76. The van der Waals surface area contributed by atoms with Crippen LogP contribution in [-0.2, 0) is 5.60 Å². The Labute approximate surface area is 131 Å². The van der Waals surface area contributed by atoms with Gasteiger partial charge in [-0.25, -0.2) is 0 Å². The van der Waals surface area contributed by atoms with E-state index in [1.54, 1.807) is 0 Å². The van der Waals surface area contributed by atoms with Gasteiger partial charge in [-0.3, -0.25) is 0 Å². The molecule has 3 nitrogen and oxygen atoms in total. The van der Waals surface area contributed by atoms with Crippen LogP contribution >= 0.6 is 0 Å². The van der Waals surface area contributed by atoms with E-state index in [0.717, 1.165) is 30.4 Å². The Morgan fingerprint density at radius 1 is 0.909 bits per heavy atom. The van der Waals surface area contributed by atoms with Crippen LogP contribution in [0.2, 0.25) is 0 Å². The molecule has 0 saturated carbocycles. The number of aliphatic hydroxyl groups is 2. The standard InChI is InChI=1S/C19H23NO2/c21-14-17-12-7-13-18(20-17)19(22,15-8-3-1-4-9-15)16-10-5-2-6-11-16/h1-6,8-11,17-18,20-22H,7,12-14H2/t17-,18+/m1/s1. The molecule has 0 spiro atoms. The lowest BCUT2D eigenvalue weighted by molar-refractivity contribution is 0.0137. The van der Waals surface area contributed by atoms with Gasteiger partial charge in [0.15, 0.2) is 0 Å². The maximum absolute atomic E-state index is 11.6. The number of aliphatic hydroxyl groups excluding tert-OH is 1. The molecule has 0 radical (unpaired) electrons. The van der Waals surface area contributed by atoms with Gasteiger partial charge >= 0.3 is 0 Å². The maximum atomic E-state index is 11.6. The second-order valence-corrected chi connectivity index (χ2v) is 6.03. The van der Waals surface area contributed by atoms with Gasteiger partial charge in [-0.05, 0) is 24.0 Å². The Morgan fingerprint density at radius 3 is 1.95 bits per heavy atom. The van der Waals surface area contributed by atoms with Crippen LogP contribution in [0.5, 0.6) is 0 Å². The zero-order valence-electron chi connectivity index (χ0n) is 12.7. The molecule has 22 heavy (non-hydrogen) atoms. The summed E-state index contributed by atoms with van der Waals surface area (Å²) in [4.78, 5) is 0. The smallest absolute Gasteiger partial charge is 0.130 e. The molecule has 0 aliphatic carbocycles. The first-order valence-electron chi connectivity index (χ1n) is 7.95. The molecule has 0 aromatic heterocycles. The fraction of sp³-hybridized carbons (Fsp3) is 0.368. The van der Waals surface area contributed by atoms with Crippen molar-refractivity contribution in [3.8, 4) is 0 Å². The van der Waals surface area contributed by atoms with Crippen molar-refractivity contribution in [3.63, 3.8) is 0 Å². The number of piperidine rings is 1. The van der Waals surface area contributed by atoms with Crippen molar-refractivity contribution < 1.29 is 10.2 Å². The van der Waals surface area contributed by atoms with E-state index >= 15 is 0 Å². The van der Waals surface area contributed by atoms with Gasteiger partial charge in [-0.1, -0.05) is 67.1 Å². The Kier molecular flexibility index (Phi) is 4.57. The fourth-order valence-corrected chi connectivity index (χ4v) is 3.45. The molecule has 1 saturated heterocycles. The van der Waals surface area contributed by atoms with Crippen molar-refractivity contribution in [2.24, 2.45) is 0 Å². The first-order valence-corrected chi connectivity index (χ1v) is 7.95. The minimum Gasteiger partial charge on any atom is -0.395 e. The van der Waals surface area contributed by atoms with E-state index in [9.17, 15) is 10.2 Å². The first-order chi connectivity index (χ1) is 10.7. The van der Waals surface area contributed by atoms with Gasteiger partial charge in [0.1, 0.15) is 5.60 Å². The number of hydrogen-bond donors (Lipinski definition) is 3. The molecule has 2 aromatic rings. The number of benzene rings is 2. The fourth-order valence-electron chi connectivity index (χ4n) is 3.45. The zero-order chi connectivity index (χ0) is 15.4. The number of nitrogens with one attached hydrogen (secondary N) is 1. The Morgan fingerprint density at radius 2 is 1.45 bits per heavy atom. The minimum atomic E-state index is -1.09. The van der Waals surface area contributed by atoms with Crippen LogP contribution in [0.4, 0.5) is 0 Å². The summed E-state index contributed by atoms with van der Waals surface area (Å²) in [7, 11) is 0. The quantitative estimate of drug-likeness (QED) is 0.812. The van der Waals surface area contributed by atoms with Gasteiger partial charge in [0.25, 0.3) is 0 Å². The second kappa shape index (κ2) is 6.61. The van der Waals surface area contributed by atoms with E-state index in [4.69, 9.17) is 0 Å². The topological polar surface area (TPSA) is 52.5 Å². The molecule has 3 rings (SSSR count). The molecule has 116 valence electrons. The molecule has 0 amide bonds. The predicted octanol–water partition coefficient (Wildman–Crippen LogP) is 2.43. The molecule has 2 atom stereocenters. The van der Waals surface area contributed by atoms with Crippen molar-refractivity contribution in [1.29, 1.82) is 0 Å². The van der Waals surface area contributed by atoms with Crippen molar-refractivity contribution in [2.45, 2.75) is 36.9 Å². The highest BCUT2D eigenvalue weighted by atomic mass is 16.3. The second-order valence-electron chi connectivity index (χ2n) is 6.03. The maximum Gasteiger partial charge on any atom is 0.130 e. The first kappa shape index (κ1) is 15.2. The van der Waals surface area contributed by atoms with Crippen LogP contribution in [0.25, 0.3) is 0 Å². The van der Waals surface area contributed by atoms with Crippen molar-refractivity contribution in [1.82, 2.24) is 5.32 Å². The van der Waals surface area contributed by atoms with E-state index in [1.807, 2.05) is 60.7 Å². The molecule has 3 heteroatoms. The third-order valence-corrected chi connectivity index (χ3v) is 4.63. The molecule has 0 unspecified atom stereocenters. The van der Waals surface area contributed by atoms with Crippen LogP contribution in [0.3, 0.4) is 0 Å².